The van der Waals surface area contributed by atoms with Gasteiger partial charge in [-0.3, -0.25) is 4.68 Å². The molecule has 1 atom stereocenters. The molecule has 0 saturated carbocycles. The van der Waals surface area contributed by atoms with Gasteiger partial charge < -0.3 is 5.32 Å². The molecular formula is C12H21N3. The van der Waals surface area contributed by atoms with Crippen molar-refractivity contribution in [3.63, 3.8) is 0 Å². The number of hydrogen-bond donors (Lipinski definition) is 1. The first-order chi connectivity index (χ1) is 7.25. The van der Waals surface area contributed by atoms with E-state index >= 15 is 0 Å². The Balaban J connectivity index is 1.84. The van der Waals surface area contributed by atoms with E-state index in [0.717, 1.165) is 12.5 Å². The summed E-state index contributed by atoms with van der Waals surface area (Å²) in [4.78, 5) is 0. The normalized spacial score (nSPS) is 21.9. The molecule has 3 nitrogen and oxygen atoms in total. The topological polar surface area (TPSA) is 29.9 Å². The van der Waals surface area contributed by atoms with Gasteiger partial charge in [-0.05, 0) is 44.7 Å². The summed E-state index contributed by atoms with van der Waals surface area (Å²) in [6.07, 6.45) is 8.66. The van der Waals surface area contributed by atoms with Gasteiger partial charge in [0.25, 0.3) is 0 Å². The van der Waals surface area contributed by atoms with Gasteiger partial charge in [0.1, 0.15) is 0 Å². The lowest BCUT2D eigenvalue weighted by Gasteiger charge is -2.23. The fraction of sp³-hybridized carbons (Fsp3) is 0.750. The largest absolute Gasteiger partial charge is 0.314 e. The second kappa shape index (κ2) is 4.79. The summed E-state index contributed by atoms with van der Waals surface area (Å²) in [6, 6.07) is 0.735. The van der Waals surface area contributed by atoms with Gasteiger partial charge in [-0.25, -0.2) is 0 Å². The Morgan fingerprint density at radius 2 is 2.40 bits per heavy atom. The van der Waals surface area contributed by atoms with Crippen LogP contribution in [0, 0.1) is 6.92 Å². The molecule has 3 heteroatoms. The lowest BCUT2D eigenvalue weighted by molar-refractivity contribution is 0.382. The summed E-state index contributed by atoms with van der Waals surface area (Å²) in [5.74, 6) is 0. The second-order valence-electron chi connectivity index (χ2n) is 4.60. The van der Waals surface area contributed by atoms with E-state index in [1.165, 1.54) is 43.5 Å². The Morgan fingerprint density at radius 3 is 3.00 bits per heavy atom. The van der Waals surface area contributed by atoms with Gasteiger partial charge in [-0.2, -0.15) is 5.10 Å². The molecule has 1 aliphatic rings. The Morgan fingerprint density at radius 1 is 1.53 bits per heavy atom. The SMILES string of the molecule is Cc1nn(C)cc1CCC1CCCCN1. The van der Waals surface area contributed by atoms with Crippen molar-refractivity contribution in [3.05, 3.63) is 17.5 Å². The predicted octanol–water partition coefficient (Wildman–Crippen LogP) is 1.80. The third-order valence-electron chi connectivity index (χ3n) is 3.29. The molecule has 0 spiro atoms. The highest BCUT2D eigenvalue weighted by Crippen LogP contribution is 2.14. The fourth-order valence-electron chi connectivity index (χ4n) is 2.39. The van der Waals surface area contributed by atoms with Crippen LogP contribution in [0.4, 0.5) is 0 Å². The van der Waals surface area contributed by atoms with Crippen molar-refractivity contribution < 1.29 is 0 Å². The molecule has 0 aliphatic carbocycles. The number of nitrogens with one attached hydrogen (secondary N) is 1. The first-order valence-electron chi connectivity index (χ1n) is 5.98. The molecule has 1 fully saturated rings. The number of rotatable bonds is 3. The van der Waals surface area contributed by atoms with Gasteiger partial charge in [0.2, 0.25) is 0 Å². The first kappa shape index (κ1) is 10.7. The minimum atomic E-state index is 0.735. The zero-order valence-electron chi connectivity index (χ0n) is 9.79. The van der Waals surface area contributed by atoms with E-state index in [9.17, 15) is 0 Å². The Bertz CT molecular complexity index is 311. The van der Waals surface area contributed by atoms with Gasteiger partial charge in [-0.1, -0.05) is 6.42 Å². The molecular weight excluding hydrogens is 186 g/mol. The smallest absolute Gasteiger partial charge is 0.0625 e. The van der Waals surface area contributed by atoms with Gasteiger partial charge in [0.05, 0.1) is 5.69 Å². The molecule has 1 aliphatic heterocycles. The van der Waals surface area contributed by atoms with E-state index in [4.69, 9.17) is 0 Å². The average molecular weight is 207 g/mol. The summed E-state index contributed by atoms with van der Waals surface area (Å²) >= 11 is 0. The molecule has 0 amide bonds. The van der Waals surface area contributed by atoms with E-state index in [1.807, 2.05) is 11.7 Å². The fourth-order valence-corrected chi connectivity index (χ4v) is 2.39. The molecule has 1 aromatic heterocycles. The summed E-state index contributed by atoms with van der Waals surface area (Å²) in [5.41, 5.74) is 2.60. The third kappa shape index (κ3) is 2.81. The molecule has 0 radical (unpaired) electrons. The van der Waals surface area contributed by atoms with Gasteiger partial charge in [0.15, 0.2) is 0 Å². The van der Waals surface area contributed by atoms with Crippen molar-refractivity contribution in [2.45, 2.75) is 45.1 Å². The van der Waals surface area contributed by atoms with Crippen molar-refractivity contribution in [1.29, 1.82) is 0 Å². The van der Waals surface area contributed by atoms with Crippen molar-refractivity contribution in [2.24, 2.45) is 7.05 Å². The van der Waals surface area contributed by atoms with Crippen molar-refractivity contribution in [3.8, 4) is 0 Å². The first-order valence-corrected chi connectivity index (χ1v) is 5.98. The highest BCUT2D eigenvalue weighted by molar-refractivity contribution is 5.15. The highest BCUT2D eigenvalue weighted by Gasteiger charge is 2.13. The number of hydrogen-bond acceptors (Lipinski definition) is 2. The Hall–Kier alpha value is -0.830. The lowest BCUT2D eigenvalue weighted by Crippen LogP contribution is -2.34. The molecule has 1 aromatic rings. The maximum atomic E-state index is 4.37. The van der Waals surface area contributed by atoms with Gasteiger partial charge >= 0.3 is 0 Å². The van der Waals surface area contributed by atoms with Gasteiger partial charge in [0, 0.05) is 19.3 Å². The van der Waals surface area contributed by atoms with Crippen LogP contribution in [0.25, 0.3) is 0 Å². The summed E-state index contributed by atoms with van der Waals surface area (Å²) in [6.45, 7) is 3.31. The standard InChI is InChI=1S/C12H21N3/c1-10-11(9-15(2)14-10)6-7-12-5-3-4-8-13-12/h9,12-13H,3-8H2,1-2H3. The summed E-state index contributed by atoms with van der Waals surface area (Å²) in [7, 11) is 2.00. The van der Waals surface area contributed by atoms with Crippen LogP contribution in [-0.2, 0) is 13.5 Å². The van der Waals surface area contributed by atoms with Crippen molar-refractivity contribution in [1.82, 2.24) is 15.1 Å². The Kier molecular flexibility index (Phi) is 3.41. The number of aromatic nitrogens is 2. The molecule has 1 saturated heterocycles. The minimum absolute atomic E-state index is 0.735. The lowest BCUT2D eigenvalue weighted by atomic mass is 9.98. The zero-order valence-corrected chi connectivity index (χ0v) is 9.79. The second-order valence-corrected chi connectivity index (χ2v) is 4.60. The highest BCUT2D eigenvalue weighted by atomic mass is 15.2. The van der Waals surface area contributed by atoms with Crippen LogP contribution < -0.4 is 5.32 Å². The van der Waals surface area contributed by atoms with Crippen LogP contribution in [0.3, 0.4) is 0 Å². The molecule has 84 valence electrons. The number of nitrogens with zero attached hydrogens (tertiary/aromatic N) is 2. The van der Waals surface area contributed by atoms with Crippen LogP contribution in [0.2, 0.25) is 0 Å². The quantitative estimate of drug-likeness (QED) is 0.819. The van der Waals surface area contributed by atoms with E-state index in [0.29, 0.717) is 0 Å². The van der Waals surface area contributed by atoms with Crippen LogP contribution >= 0.6 is 0 Å². The molecule has 1 unspecified atom stereocenters. The maximum Gasteiger partial charge on any atom is 0.0625 e. The van der Waals surface area contributed by atoms with Crippen molar-refractivity contribution >= 4 is 0 Å². The number of piperidine rings is 1. The minimum Gasteiger partial charge on any atom is -0.314 e. The van der Waals surface area contributed by atoms with E-state index in [2.05, 4.69) is 23.5 Å². The third-order valence-corrected chi connectivity index (χ3v) is 3.29. The Labute approximate surface area is 91.9 Å². The van der Waals surface area contributed by atoms with Gasteiger partial charge in [-0.15, -0.1) is 0 Å². The van der Waals surface area contributed by atoms with E-state index < -0.39 is 0 Å². The maximum absolute atomic E-state index is 4.37. The molecule has 2 heterocycles. The molecule has 15 heavy (non-hydrogen) atoms. The van der Waals surface area contributed by atoms with Crippen LogP contribution in [0.1, 0.15) is 36.9 Å². The van der Waals surface area contributed by atoms with E-state index in [1.54, 1.807) is 0 Å². The number of aryl methyl sites for hydroxylation is 3. The molecule has 2 rings (SSSR count). The van der Waals surface area contributed by atoms with Crippen LogP contribution in [-0.4, -0.2) is 22.4 Å². The average Bonchev–Trinajstić information content (AvgIpc) is 2.56. The van der Waals surface area contributed by atoms with Crippen LogP contribution in [0.15, 0.2) is 6.20 Å². The zero-order chi connectivity index (χ0) is 10.7. The predicted molar refractivity (Wildman–Crippen MR) is 61.9 cm³/mol. The summed E-state index contributed by atoms with van der Waals surface area (Å²) in [5, 5.41) is 7.96. The monoisotopic (exact) mass is 207 g/mol. The molecule has 0 bridgehead atoms. The summed E-state index contributed by atoms with van der Waals surface area (Å²) < 4.78 is 1.92. The van der Waals surface area contributed by atoms with Crippen molar-refractivity contribution in [2.75, 3.05) is 6.54 Å². The molecule has 0 aromatic carbocycles. The molecule has 1 N–H and O–H groups in total. The van der Waals surface area contributed by atoms with Crippen LogP contribution in [0.5, 0.6) is 0 Å². The van der Waals surface area contributed by atoms with E-state index in [-0.39, 0.29) is 0 Å².